The molecular formula is C12H20N4O4. The Kier molecular flexibility index (Phi) is 5.63. The van der Waals surface area contributed by atoms with Crippen LogP contribution in [0.25, 0.3) is 0 Å². The van der Waals surface area contributed by atoms with Crippen molar-refractivity contribution in [1.82, 2.24) is 14.9 Å². The Bertz CT molecular complexity index is 484. The van der Waals surface area contributed by atoms with Crippen molar-refractivity contribution in [2.75, 3.05) is 6.61 Å². The lowest BCUT2D eigenvalue weighted by molar-refractivity contribution is -0.389. The average molecular weight is 284 g/mol. The first kappa shape index (κ1) is 16.1. The number of aryl methyl sites for hydroxylation is 1. The SMILES string of the molecule is Cc1nc([N+](=O)[O-])cn1CC(=O)NC(CCO)C(C)C. The number of aromatic nitrogens is 2. The number of amides is 1. The minimum atomic E-state index is -0.593. The van der Waals surface area contributed by atoms with Crippen LogP contribution in [0.15, 0.2) is 6.20 Å². The van der Waals surface area contributed by atoms with Gasteiger partial charge < -0.3 is 20.5 Å². The summed E-state index contributed by atoms with van der Waals surface area (Å²) in [4.78, 5) is 25.7. The molecule has 1 atom stereocenters. The van der Waals surface area contributed by atoms with Gasteiger partial charge in [0, 0.05) is 19.6 Å². The summed E-state index contributed by atoms with van der Waals surface area (Å²) in [6.07, 6.45) is 1.72. The van der Waals surface area contributed by atoms with E-state index in [9.17, 15) is 14.9 Å². The molecular weight excluding hydrogens is 264 g/mol. The molecule has 0 aliphatic rings. The van der Waals surface area contributed by atoms with Crippen molar-refractivity contribution in [1.29, 1.82) is 0 Å². The summed E-state index contributed by atoms with van der Waals surface area (Å²) >= 11 is 0. The molecule has 1 aromatic heterocycles. The second-order valence-electron chi connectivity index (χ2n) is 4.96. The lowest BCUT2D eigenvalue weighted by Crippen LogP contribution is -2.40. The molecule has 0 saturated heterocycles. The Morgan fingerprint density at radius 2 is 2.25 bits per heavy atom. The second kappa shape index (κ2) is 6.99. The number of imidazole rings is 1. The van der Waals surface area contributed by atoms with E-state index in [-0.39, 0.29) is 36.8 Å². The molecule has 0 bridgehead atoms. The maximum Gasteiger partial charge on any atom is 0.381 e. The van der Waals surface area contributed by atoms with Gasteiger partial charge in [-0.15, -0.1) is 0 Å². The van der Waals surface area contributed by atoms with Crippen molar-refractivity contribution in [2.24, 2.45) is 5.92 Å². The van der Waals surface area contributed by atoms with Crippen LogP contribution in [-0.4, -0.2) is 38.1 Å². The van der Waals surface area contributed by atoms with Gasteiger partial charge in [-0.05, 0) is 22.2 Å². The van der Waals surface area contributed by atoms with E-state index in [2.05, 4.69) is 10.3 Å². The van der Waals surface area contributed by atoms with Gasteiger partial charge in [0.25, 0.3) is 0 Å². The number of hydrogen-bond acceptors (Lipinski definition) is 5. The van der Waals surface area contributed by atoms with Crippen LogP contribution in [0.4, 0.5) is 5.82 Å². The molecule has 112 valence electrons. The van der Waals surface area contributed by atoms with Crippen molar-refractivity contribution in [3.63, 3.8) is 0 Å². The third-order valence-electron chi connectivity index (χ3n) is 3.06. The highest BCUT2D eigenvalue weighted by Gasteiger charge is 2.19. The van der Waals surface area contributed by atoms with E-state index in [1.165, 1.54) is 10.8 Å². The smallest absolute Gasteiger partial charge is 0.381 e. The van der Waals surface area contributed by atoms with E-state index in [1.807, 2.05) is 13.8 Å². The summed E-state index contributed by atoms with van der Waals surface area (Å²) < 4.78 is 1.43. The molecule has 20 heavy (non-hydrogen) atoms. The van der Waals surface area contributed by atoms with E-state index in [0.29, 0.717) is 12.2 Å². The highest BCUT2D eigenvalue weighted by Crippen LogP contribution is 2.10. The number of carbonyl (C=O) groups excluding carboxylic acids is 1. The predicted molar refractivity (Wildman–Crippen MR) is 72.1 cm³/mol. The molecule has 0 radical (unpaired) electrons. The summed E-state index contributed by atoms with van der Waals surface area (Å²) in [5, 5.41) is 22.4. The highest BCUT2D eigenvalue weighted by atomic mass is 16.6. The molecule has 0 aromatic carbocycles. The van der Waals surface area contributed by atoms with Crippen LogP contribution in [0.5, 0.6) is 0 Å². The van der Waals surface area contributed by atoms with Crippen LogP contribution < -0.4 is 5.32 Å². The van der Waals surface area contributed by atoms with Gasteiger partial charge in [0.15, 0.2) is 0 Å². The summed E-state index contributed by atoms with van der Waals surface area (Å²) in [6.45, 7) is 5.48. The van der Waals surface area contributed by atoms with Gasteiger partial charge in [-0.1, -0.05) is 13.8 Å². The number of hydrogen-bond donors (Lipinski definition) is 2. The van der Waals surface area contributed by atoms with Gasteiger partial charge in [0.2, 0.25) is 11.7 Å². The number of rotatable bonds is 7. The molecule has 2 N–H and O–H groups in total. The standard InChI is InChI=1S/C12H20N4O4/c1-8(2)10(4-5-17)14-12(18)7-15-6-11(16(19)20)13-9(15)3/h6,8,10,17H,4-5,7H2,1-3H3,(H,14,18). The fraction of sp³-hybridized carbons (Fsp3) is 0.667. The van der Waals surface area contributed by atoms with Crippen LogP contribution >= 0.6 is 0 Å². The molecule has 1 unspecified atom stereocenters. The lowest BCUT2D eigenvalue weighted by Gasteiger charge is -2.21. The van der Waals surface area contributed by atoms with Gasteiger partial charge in [0.05, 0.1) is 0 Å². The third kappa shape index (κ3) is 4.30. The largest absolute Gasteiger partial charge is 0.396 e. The van der Waals surface area contributed by atoms with Crippen LogP contribution in [0, 0.1) is 23.0 Å². The van der Waals surface area contributed by atoms with Crippen LogP contribution in [0.1, 0.15) is 26.1 Å². The van der Waals surface area contributed by atoms with Crippen LogP contribution in [0.3, 0.4) is 0 Å². The number of nitro groups is 1. The normalized spacial score (nSPS) is 12.4. The summed E-state index contributed by atoms with van der Waals surface area (Å²) in [6, 6.07) is -0.119. The zero-order valence-electron chi connectivity index (χ0n) is 11.9. The molecule has 1 aromatic rings. The predicted octanol–water partition coefficient (Wildman–Crippen LogP) is 0.623. The van der Waals surface area contributed by atoms with Gasteiger partial charge in [-0.25, -0.2) is 0 Å². The molecule has 0 fully saturated rings. The number of nitrogens with one attached hydrogen (secondary N) is 1. The fourth-order valence-corrected chi connectivity index (χ4v) is 1.86. The summed E-state index contributed by atoms with van der Waals surface area (Å²) in [5.74, 6) is 0.0815. The minimum Gasteiger partial charge on any atom is -0.396 e. The molecule has 0 saturated carbocycles. The van der Waals surface area contributed by atoms with Gasteiger partial charge in [-0.3, -0.25) is 9.36 Å². The van der Waals surface area contributed by atoms with Gasteiger partial charge in [0.1, 0.15) is 12.7 Å². The third-order valence-corrected chi connectivity index (χ3v) is 3.06. The van der Waals surface area contributed by atoms with Gasteiger partial charge in [-0.2, -0.15) is 0 Å². The number of aliphatic hydroxyl groups excluding tert-OH is 1. The number of aliphatic hydroxyl groups is 1. The maximum atomic E-state index is 11.9. The van der Waals surface area contributed by atoms with E-state index in [4.69, 9.17) is 5.11 Å². The molecule has 1 amide bonds. The van der Waals surface area contributed by atoms with Crippen molar-refractivity contribution < 1.29 is 14.8 Å². The van der Waals surface area contributed by atoms with E-state index < -0.39 is 4.92 Å². The first-order valence-electron chi connectivity index (χ1n) is 6.43. The maximum absolute atomic E-state index is 11.9. The first-order valence-corrected chi connectivity index (χ1v) is 6.43. The van der Waals surface area contributed by atoms with Crippen molar-refractivity contribution in [3.8, 4) is 0 Å². The van der Waals surface area contributed by atoms with Crippen molar-refractivity contribution >= 4 is 11.7 Å². The Labute approximate surface area is 117 Å². The number of carbonyl (C=O) groups is 1. The van der Waals surface area contributed by atoms with Crippen molar-refractivity contribution in [2.45, 2.75) is 39.8 Å². The van der Waals surface area contributed by atoms with Gasteiger partial charge >= 0.3 is 5.82 Å². The van der Waals surface area contributed by atoms with E-state index in [0.717, 1.165) is 0 Å². The first-order chi connectivity index (χ1) is 9.35. The zero-order valence-corrected chi connectivity index (χ0v) is 11.9. The fourth-order valence-electron chi connectivity index (χ4n) is 1.86. The molecule has 8 nitrogen and oxygen atoms in total. The lowest BCUT2D eigenvalue weighted by atomic mass is 10.0. The van der Waals surface area contributed by atoms with Crippen LogP contribution in [-0.2, 0) is 11.3 Å². The van der Waals surface area contributed by atoms with E-state index >= 15 is 0 Å². The van der Waals surface area contributed by atoms with Crippen molar-refractivity contribution in [3.05, 3.63) is 22.1 Å². The molecule has 1 heterocycles. The Balaban J connectivity index is 2.68. The molecule has 8 heteroatoms. The molecule has 0 aliphatic carbocycles. The monoisotopic (exact) mass is 284 g/mol. The summed E-state index contributed by atoms with van der Waals surface area (Å²) in [7, 11) is 0. The Morgan fingerprint density at radius 1 is 1.60 bits per heavy atom. The minimum absolute atomic E-state index is 0.00129. The topological polar surface area (TPSA) is 110 Å². The number of nitrogens with zero attached hydrogens (tertiary/aromatic N) is 3. The zero-order chi connectivity index (χ0) is 15.3. The highest BCUT2D eigenvalue weighted by molar-refractivity contribution is 5.76. The molecule has 0 aliphatic heterocycles. The quantitative estimate of drug-likeness (QED) is 0.563. The second-order valence-corrected chi connectivity index (χ2v) is 4.96. The van der Waals surface area contributed by atoms with Crippen LogP contribution in [0.2, 0.25) is 0 Å². The summed E-state index contributed by atoms with van der Waals surface area (Å²) in [5.41, 5.74) is 0. The molecule has 1 rings (SSSR count). The average Bonchev–Trinajstić information content (AvgIpc) is 2.70. The molecule has 0 spiro atoms. The Morgan fingerprint density at radius 3 is 2.70 bits per heavy atom. The Hall–Kier alpha value is -1.96. The van der Waals surface area contributed by atoms with E-state index in [1.54, 1.807) is 6.92 Å².